The normalized spacial score (nSPS) is 12.4. The third-order valence-corrected chi connectivity index (χ3v) is 4.91. The third-order valence-electron chi connectivity index (χ3n) is 4.91. The van der Waals surface area contributed by atoms with Crippen molar-refractivity contribution < 1.29 is 4.42 Å². The molecule has 0 atom stereocenters. The molecule has 0 unspecified atom stereocenters. The van der Waals surface area contributed by atoms with Crippen molar-refractivity contribution in [2.45, 2.75) is 0 Å². The lowest BCUT2D eigenvalue weighted by Crippen LogP contribution is -2.17. The molecule has 0 N–H and O–H groups in total. The summed E-state index contributed by atoms with van der Waals surface area (Å²) in [5.41, 5.74) is 5.07. The van der Waals surface area contributed by atoms with Crippen LogP contribution < -0.4 is 10.6 Å². The number of fused-ring (bicyclic) bond motifs is 5. The van der Waals surface area contributed by atoms with Crippen molar-refractivity contribution in [2.75, 3.05) is 0 Å². The number of aromatic nitrogens is 1. The van der Waals surface area contributed by atoms with Crippen LogP contribution in [0.5, 0.6) is 0 Å². The number of allylic oxidation sites excluding steroid dienone is 1. The highest BCUT2D eigenvalue weighted by Crippen LogP contribution is 2.35. The lowest BCUT2D eigenvalue weighted by atomic mass is 10.1. The van der Waals surface area contributed by atoms with Gasteiger partial charge in [0.1, 0.15) is 11.0 Å². The van der Waals surface area contributed by atoms with Gasteiger partial charge in [-0.15, -0.1) is 0 Å². The first-order chi connectivity index (χ1) is 12.8. The molecule has 0 bridgehead atoms. The molecule has 0 aliphatic heterocycles. The van der Waals surface area contributed by atoms with Gasteiger partial charge in [-0.3, -0.25) is 0 Å². The first-order valence-corrected chi connectivity index (χ1v) is 8.61. The van der Waals surface area contributed by atoms with E-state index in [1.807, 2.05) is 12.1 Å². The zero-order chi connectivity index (χ0) is 17.7. The largest absolute Gasteiger partial charge is 0.455 e. The molecule has 2 heterocycles. The molecule has 2 heteroatoms. The molecule has 0 fully saturated rings. The Morgan fingerprint density at radius 3 is 2.38 bits per heavy atom. The van der Waals surface area contributed by atoms with Crippen LogP contribution in [0.25, 0.3) is 51.1 Å². The van der Waals surface area contributed by atoms with Crippen molar-refractivity contribution in [2.24, 2.45) is 0 Å². The van der Waals surface area contributed by atoms with E-state index in [1.165, 1.54) is 5.39 Å². The van der Waals surface area contributed by atoms with Crippen LogP contribution in [0.15, 0.2) is 83.8 Å². The Morgan fingerprint density at radius 1 is 0.808 bits per heavy atom. The van der Waals surface area contributed by atoms with Gasteiger partial charge in [0.25, 0.3) is 0 Å². The number of benzene rings is 3. The van der Waals surface area contributed by atoms with Crippen LogP contribution in [0.1, 0.15) is 0 Å². The molecule has 3 aromatic carbocycles. The number of hydrogen-bond donors (Lipinski definition) is 0. The van der Waals surface area contributed by atoms with Gasteiger partial charge < -0.3 is 8.98 Å². The van der Waals surface area contributed by atoms with Gasteiger partial charge in [-0.2, -0.15) is 0 Å². The average Bonchev–Trinajstić information content (AvgIpc) is 3.18. The van der Waals surface area contributed by atoms with Gasteiger partial charge in [-0.25, -0.2) is 0 Å². The van der Waals surface area contributed by atoms with Gasteiger partial charge in [0.15, 0.2) is 0 Å². The predicted molar refractivity (Wildman–Crippen MR) is 110 cm³/mol. The van der Waals surface area contributed by atoms with E-state index >= 15 is 0 Å². The van der Waals surface area contributed by atoms with E-state index in [9.17, 15) is 0 Å². The maximum Gasteiger partial charge on any atom is 0.145 e. The first kappa shape index (κ1) is 14.8. The maximum atomic E-state index is 6.21. The summed E-state index contributed by atoms with van der Waals surface area (Å²) < 4.78 is 8.49. The fourth-order valence-electron chi connectivity index (χ4n) is 3.77. The van der Waals surface area contributed by atoms with Crippen molar-refractivity contribution in [1.82, 2.24) is 4.57 Å². The molecule has 0 aliphatic carbocycles. The van der Waals surface area contributed by atoms with Gasteiger partial charge in [0.2, 0.25) is 0 Å². The molecule has 0 spiro atoms. The Hall–Kier alpha value is -3.52. The first-order valence-electron chi connectivity index (χ1n) is 8.61. The monoisotopic (exact) mass is 335 g/mol. The van der Waals surface area contributed by atoms with Gasteiger partial charge in [0, 0.05) is 21.7 Å². The summed E-state index contributed by atoms with van der Waals surface area (Å²) >= 11 is 0. The number of hydrogen-bond acceptors (Lipinski definition) is 1. The van der Waals surface area contributed by atoms with Crippen molar-refractivity contribution >= 4 is 45.4 Å². The standard InChI is InChI=1S/C24H17NO/c1-3-9-22-16(2)18-14-15-21-23(24(18)26-22)19-12-7-8-13-20(19)25(21)17-10-5-4-6-11-17/h3-15H,1-2H2/b22-9+. The van der Waals surface area contributed by atoms with Gasteiger partial charge in [-0.1, -0.05) is 55.6 Å². The van der Waals surface area contributed by atoms with Crippen molar-refractivity contribution in [3.05, 3.63) is 90.0 Å². The van der Waals surface area contributed by atoms with E-state index in [2.05, 4.69) is 78.4 Å². The van der Waals surface area contributed by atoms with Crippen LogP contribution in [0.3, 0.4) is 0 Å². The lowest BCUT2D eigenvalue weighted by molar-refractivity contribution is 0.579. The molecular formula is C24H17NO. The van der Waals surface area contributed by atoms with E-state index in [0.717, 1.165) is 43.7 Å². The van der Waals surface area contributed by atoms with Gasteiger partial charge >= 0.3 is 0 Å². The molecule has 2 nitrogen and oxygen atoms in total. The number of nitrogens with zero attached hydrogens (tertiary/aromatic N) is 1. The van der Waals surface area contributed by atoms with Crippen molar-refractivity contribution in [3.63, 3.8) is 0 Å². The molecule has 124 valence electrons. The van der Waals surface area contributed by atoms with E-state index in [0.29, 0.717) is 0 Å². The zero-order valence-corrected chi connectivity index (χ0v) is 14.3. The highest BCUT2D eigenvalue weighted by molar-refractivity contribution is 6.19. The molecule has 0 saturated heterocycles. The molecular weight excluding hydrogens is 318 g/mol. The molecule has 5 rings (SSSR count). The summed E-state index contributed by atoms with van der Waals surface area (Å²) in [6, 6.07) is 23.1. The van der Waals surface area contributed by atoms with Crippen LogP contribution >= 0.6 is 0 Å². The highest BCUT2D eigenvalue weighted by Gasteiger charge is 2.16. The fraction of sp³-hybridized carbons (Fsp3) is 0. The molecule has 26 heavy (non-hydrogen) atoms. The Morgan fingerprint density at radius 2 is 1.58 bits per heavy atom. The second-order valence-corrected chi connectivity index (χ2v) is 6.37. The SMILES string of the molecule is C=C/C=c1/oc2c(ccc3c2c2ccccc2n3-c2ccccc2)c1=C. The Labute approximate surface area is 150 Å². The minimum absolute atomic E-state index is 0.763. The number of furan rings is 1. The quantitative estimate of drug-likeness (QED) is 0.448. The summed E-state index contributed by atoms with van der Waals surface area (Å²) in [5.74, 6) is 0. The molecule has 2 aromatic heterocycles. The van der Waals surface area contributed by atoms with Crippen LogP contribution in [-0.2, 0) is 0 Å². The Bertz CT molecular complexity index is 1400. The maximum absolute atomic E-state index is 6.21. The second-order valence-electron chi connectivity index (χ2n) is 6.37. The number of para-hydroxylation sites is 2. The van der Waals surface area contributed by atoms with Gasteiger partial charge in [0.05, 0.1) is 16.4 Å². The van der Waals surface area contributed by atoms with Crippen LogP contribution in [0.2, 0.25) is 0 Å². The second kappa shape index (κ2) is 5.50. The summed E-state index contributed by atoms with van der Waals surface area (Å²) in [6.45, 7) is 7.98. The Kier molecular flexibility index (Phi) is 3.13. The minimum atomic E-state index is 0.763. The smallest absolute Gasteiger partial charge is 0.145 e. The topological polar surface area (TPSA) is 18.1 Å². The molecule has 0 saturated carbocycles. The van der Waals surface area contributed by atoms with Crippen molar-refractivity contribution in [3.8, 4) is 5.69 Å². The average molecular weight is 335 g/mol. The molecule has 0 aliphatic rings. The minimum Gasteiger partial charge on any atom is -0.455 e. The predicted octanol–water partition coefficient (Wildman–Crippen LogP) is 4.91. The lowest BCUT2D eigenvalue weighted by Gasteiger charge is -2.07. The zero-order valence-electron chi connectivity index (χ0n) is 14.3. The highest BCUT2D eigenvalue weighted by atomic mass is 16.3. The summed E-state index contributed by atoms with van der Waals surface area (Å²) in [6.07, 6.45) is 3.60. The van der Waals surface area contributed by atoms with E-state index < -0.39 is 0 Å². The van der Waals surface area contributed by atoms with E-state index in [4.69, 9.17) is 4.42 Å². The van der Waals surface area contributed by atoms with E-state index in [1.54, 1.807) is 6.08 Å². The summed E-state index contributed by atoms with van der Waals surface area (Å²) in [5, 5.41) is 4.24. The van der Waals surface area contributed by atoms with Crippen molar-refractivity contribution in [1.29, 1.82) is 0 Å². The van der Waals surface area contributed by atoms with E-state index in [-0.39, 0.29) is 0 Å². The van der Waals surface area contributed by atoms with Gasteiger partial charge in [-0.05, 0) is 36.4 Å². The molecule has 0 amide bonds. The van der Waals surface area contributed by atoms with Crippen LogP contribution in [-0.4, -0.2) is 4.57 Å². The summed E-state index contributed by atoms with van der Waals surface area (Å²) in [4.78, 5) is 0. The molecule has 5 aromatic rings. The number of rotatable bonds is 2. The van der Waals surface area contributed by atoms with Crippen LogP contribution in [0, 0.1) is 0 Å². The summed E-state index contributed by atoms with van der Waals surface area (Å²) in [7, 11) is 0. The molecule has 0 radical (unpaired) electrons. The third kappa shape index (κ3) is 1.93. The fourth-order valence-corrected chi connectivity index (χ4v) is 3.77. The van der Waals surface area contributed by atoms with Crippen LogP contribution in [0.4, 0.5) is 0 Å². The Balaban J connectivity index is 2.06.